The molecular formula is C9H14N2O. The highest BCUT2D eigenvalue weighted by atomic mass is 16.2. The first-order chi connectivity index (χ1) is 5.88. The number of hydrogen-bond donors (Lipinski definition) is 1. The van der Waals surface area contributed by atoms with Gasteiger partial charge in [0.25, 0.3) is 0 Å². The lowest BCUT2D eigenvalue weighted by Crippen LogP contribution is -2.44. The minimum Gasteiger partial charge on any atom is -0.338 e. The summed E-state index contributed by atoms with van der Waals surface area (Å²) in [5, 5.41) is 2.90. The van der Waals surface area contributed by atoms with Crippen LogP contribution in [0, 0.1) is 0 Å². The van der Waals surface area contributed by atoms with E-state index in [1.54, 1.807) is 0 Å². The van der Waals surface area contributed by atoms with E-state index in [2.05, 4.69) is 17.5 Å². The van der Waals surface area contributed by atoms with E-state index < -0.39 is 0 Å². The molecule has 0 spiro atoms. The summed E-state index contributed by atoms with van der Waals surface area (Å²) in [7, 11) is 0. The molecule has 0 aromatic carbocycles. The van der Waals surface area contributed by atoms with Crippen LogP contribution in [0.15, 0.2) is 12.2 Å². The molecule has 1 N–H and O–H groups in total. The molecule has 2 aliphatic rings. The van der Waals surface area contributed by atoms with E-state index in [0.29, 0.717) is 6.04 Å². The van der Waals surface area contributed by atoms with Gasteiger partial charge in [0.2, 0.25) is 0 Å². The van der Waals surface area contributed by atoms with Crippen molar-refractivity contribution in [3.63, 3.8) is 0 Å². The molecule has 0 aliphatic carbocycles. The highest BCUT2D eigenvalue weighted by Crippen LogP contribution is 2.18. The third-order valence-corrected chi connectivity index (χ3v) is 2.57. The van der Waals surface area contributed by atoms with Crippen LogP contribution in [0.25, 0.3) is 0 Å². The number of urea groups is 1. The summed E-state index contributed by atoms with van der Waals surface area (Å²) in [6.45, 7) is 1.63. The van der Waals surface area contributed by atoms with E-state index in [9.17, 15) is 4.79 Å². The molecule has 0 radical (unpaired) electrons. The maximum atomic E-state index is 11.4. The normalized spacial score (nSPS) is 29.2. The van der Waals surface area contributed by atoms with Gasteiger partial charge in [0.05, 0.1) is 0 Å². The molecule has 1 atom stereocenters. The molecule has 0 aromatic rings. The Labute approximate surface area is 72.4 Å². The maximum absolute atomic E-state index is 11.4. The van der Waals surface area contributed by atoms with Gasteiger partial charge in [0.15, 0.2) is 0 Å². The highest BCUT2D eigenvalue weighted by molar-refractivity contribution is 5.75. The Balaban J connectivity index is 2.13. The van der Waals surface area contributed by atoms with Crippen LogP contribution in [-0.4, -0.2) is 30.1 Å². The van der Waals surface area contributed by atoms with Crippen LogP contribution in [0.3, 0.4) is 0 Å². The summed E-state index contributed by atoms with van der Waals surface area (Å²) in [6.07, 6.45) is 7.54. The average molecular weight is 166 g/mol. The van der Waals surface area contributed by atoms with Crippen LogP contribution < -0.4 is 5.32 Å². The summed E-state index contributed by atoms with van der Waals surface area (Å²) in [6, 6.07) is 0.569. The van der Waals surface area contributed by atoms with Gasteiger partial charge in [-0.2, -0.15) is 0 Å². The number of carbonyl (C=O) groups is 1. The van der Waals surface area contributed by atoms with Crippen molar-refractivity contribution in [3.05, 3.63) is 12.2 Å². The molecule has 2 amide bonds. The molecule has 66 valence electrons. The minimum atomic E-state index is 0.113. The first-order valence-electron chi connectivity index (χ1n) is 4.57. The first-order valence-corrected chi connectivity index (χ1v) is 4.57. The van der Waals surface area contributed by atoms with Gasteiger partial charge in [-0.1, -0.05) is 12.2 Å². The monoisotopic (exact) mass is 166 g/mol. The quantitative estimate of drug-likeness (QED) is 0.537. The van der Waals surface area contributed by atoms with Gasteiger partial charge in [-0.25, -0.2) is 4.79 Å². The van der Waals surface area contributed by atoms with Gasteiger partial charge in [-0.15, -0.1) is 0 Å². The Hall–Kier alpha value is -0.990. The maximum Gasteiger partial charge on any atom is 0.317 e. The molecule has 2 aliphatic heterocycles. The van der Waals surface area contributed by atoms with Gasteiger partial charge in [0, 0.05) is 19.1 Å². The van der Waals surface area contributed by atoms with Crippen LogP contribution >= 0.6 is 0 Å². The molecular weight excluding hydrogens is 152 g/mol. The highest BCUT2D eigenvalue weighted by Gasteiger charge is 2.25. The van der Waals surface area contributed by atoms with Crippen LogP contribution in [0.4, 0.5) is 4.79 Å². The lowest BCUT2D eigenvalue weighted by Gasteiger charge is -2.30. The number of carbonyl (C=O) groups excluding carboxylic acids is 1. The number of hydrogen-bond acceptors (Lipinski definition) is 1. The second kappa shape index (κ2) is 3.17. The molecule has 1 unspecified atom stereocenters. The Morgan fingerprint density at radius 2 is 2.42 bits per heavy atom. The van der Waals surface area contributed by atoms with E-state index >= 15 is 0 Å². The van der Waals surface area contributed by atoms with Crippen molar-refractivity contribution in [2.75, 3.05) is 13.1 Å². The van der Waals surface area contributed by atoms with Gasteiger partial charge >= 0.3 is 6.03 Å². The van der Waals surface area contributed by atoms with Crippen LogP contribution in [0.1, 0.15) is 19.3 Å². The summed E-state index contributed by atoms with van der Waals surface area (Å²) in [5.74, 6) is 0. The summed E-state index contributed by atoms with van der Waals surface area (Å²) in [4.78, 5) is 13.4. The fraction of sp³-hybridized carbons (Fsp3) is 0.667. The van der Waals surface area contributed by atoms with Gasteiger partial charge in [0.1, 0.15) is 0 Å². The van der Waals surface area contributed by atoms with Crippen LogP contribution in [0.2, 0.25) is 0 Å². The zero-order chi connectivity index (χ0) is 8.39. The van der Waals surface area contributed by atoms with Crippen molar-refractivity contribution in [2.24, 2.45) is 0 Å². The zero-order valence-electron chi connectivity index (χ0n) is 7.12. The summed E-state index contributed by atoms with van der Waals surface area (Å²) >= 11 is 0. The summed E-state index contributed by atoms with van der Waals surface area (Å²) < 4.78 is 0. The van der Waals surface area contributed by atoms with Crippen molar-refractivity contribution < 1.29 is 4.79 Å². The van der Waals surface area contributed by atoms with Crippen molar-refractivity contribution in [1.29, 1.82) is 0 Å². The van der Waals surface area contributed by atoms with Crippen molar-refractivity contribution in [2.45, 2.75) is 25.3 Å². The third kappa shape index (κ3) is 1.31. The summed E-state index contributed by atoms with van der Waals surface area (Å²) in [5.41, 5.74) is 0. The van der Waals surface area contributed by atoms with Gasteiger partial charge in [-0.3, -0.25) is 0 Å². The number of nitrogens with zero attached hydrogens (tertiary/aromatic N) is 1. The number of rotatable bonds is 0. The molecule has 3 heteroatoms. The molecule has 1 saturated heterocycles. The van der Waals surface area contributed by atoms with E-state index in [4.69, 9.17) is 0 Å². The average Bonchev–Trinajstić information content (AvgIpc) is 2.29. The number of nitrogens with one attached hydrogen (secondary N) is 1. The fourth-order valence-electron chi connectivity index (χ4n) is 1.87. The molecule has 12 heavy (non-hydrogen) atoms. The van der Waals surface area contributed by atoms with E-state index in [-0.39, 0.29) is 6.03 Å². The van der Waals surface area contributed by atoms with Crippen molar-refractivity contribution >= 4 is 6.03 Å². The topological polar surface area (TPSA) is 32.3 Å². The Bertz CT molecular complexity index is 213. The Morgan fingerprint density at radius 3 is 3.33 bits per heavy atom. The number of amides is 2. The first kappa shape index (κ1) is 7.65. The predicted molar refractivity (Wildman–Crippen MR) is 46.9 cm³/mol. The second-order valence-electron chi connectivity index (χ2n) is 3.39. The van der Waals surface area contributed by atoms with Crippen LogP contribution in [0.5, 0.6) is 0 Å². The standard InChI is InChI=1S/C9H14N2O/c12-9-10-6-3-5-8-4-1-2-7-11(8)9/h1-2,8H,3-7H2,(H,10,12). The molecule has 2 heterocycles. The van der Waals surface area contributed by atoms with Crippen LogP contribution in [-0.2, 0) is 0 Å². The van der Waals surface area contributed by atoms with Crippen molar-refractivity contribution in [3.8, 4) is 0 Å². The lowest BCUT2D eigenvalue weighted by atomic mass is 10.0. The molecule has 0 saturated carbocycles. The largest absolute Gasteiger partial charge is 0.338 e. The molecule has 1 fully saturated rings. The Morgan fingerprint density at radius 1 is 1.50 bits per heavy atom. The lowest BCUT2D eigenvalue weighted by molar-refractivity contribution is 0.183. The van der Waals surface area contributed by atoms with E-state index in [1.807, 2.05) is 4.90 Å². The predicted octanol–water partition coefficient (Wildman–Crippen LogP) is 1.12. The molecule has 0 bridgehead atoms. The van der Waals surface area contributed by atoms with Crippen molar-refractivity contribution in [1.82, 2.24) is 10.2 Å². The Kier molecular flexibility index (Phi) is 2.02. The fourth-order valence-corrected chi connectivity index (χ4v) is 1.87. The second-order valence-corrected chi connectivity index (χ2v) is 3.39. The third-order valence-electron chi connectivity index (χ3n) is 2.57. The van der Waals surface area contributed by atoms with E-state index in [1.165, 1.54) is 0 Å². The number of fused-ring (bicyclic) bond motifs is 1. The zero-order valence-corrected chi connectivity index (χ0v) is 7.12. The SMILES string of the molecule is O=C1NCCCC2CC=CCN12. The smallest absolute Gasteiger partial charge is 0.317 e. The molecule has 3 nitrogen and oxygen atoms in total. The van der Waals surface area contributed by atoms with Gasteiger partial charge in [-0.05, 0) is 19.3 Å². The molecule has 2 rings (SSSR count). The minimum absolute atomic E-state index is 0.113. The molecule has 0 aromatic heterocycles. The van der Waals surface area contributed by atoms with Gasteiger partial charge < -0.3 is 10.2 Å². The van der Waals surface area contributed by atoms with E-state index in [0.717, 1.165) is 32.4 Å².